The first-order valence-corrected chi connectivity index (χ1v) is 4.56. The average Bonchev–Trinajstić information content (AvgIpc) is 2.03. The van der Waals surface area contributed by atoms with Crippen LogP contribution in [0, 0.1) is 5.92 Å². The van der Waals surface area contributed by atoms with Crippen LogP contribution < -0.4 is 5.32 Å². The zero-order valence-corrected chi connectivity index (χ0v) is 8.59. The molecule has 1 heterocycles. The predicted octanol–water partition coefficient (Wildman–Crippen LogP) is 1.95. The summed E-state index contributed by atoms with van der Waals surface area (Å²) in [4.78, 5) is 10.4. The summed E-state index contributed by atoms with van der Waals surface area (Å²) in [6.07, 6.45) is 3.97. The minimum Gasteiger partial charge on any atom is -0.316 e. The van der Waals surface area contributed by atoms with E-state index in [1.165, 1.54) is 12.8 Å². The molecule has 1 saturated heterocycles. The van der Waals surface area contributed by atoms with Crippen molar-refractivity contribution >= 4 is 29.3 Å². The van der Waals surface area contributed by atoms with Gasteiger partial charge in [0.2, 0.25) is 5.24 Å². The molecule has 1 rings (SSSR count). The fourth-order valence-electron chi connectivity index (χ4n) is 1.49. The molecule has 12 heavy (non-hydrogen) atoms. The van der Waals surface area contributed by atoms with Crippen molar-refractivity contribution in [3.8, 4) is 0 Å². The Hall–Kier alpha value is 0.210. The summed E-state index contributed by atoms with van der Waals surface area (Å²) in [5.41, 5.74) is 0. The normalized spacial score (nSPS) is 22.9. The third-order valence-corrected chi connectivity index (χ3v) is 2.34. The van der Waals surface area contributed by atoms with Gasteiger partial charge in [-0.05, 0) is 49.9 Å². The molecule has 0 radical (unpaired) electrons. The molecule has 0 bridgehead atoms. The van der Waals surface area contributed by atoms with Crippen molar-refractivity contribution in [1.29, 1.82) is 0 Å². The van der Waals surface area contributed by atoms with Gasteiger partial charge < -0.3 is 5.32 Å². The van der Waals surface area contributed by atoms with E-state index in [9.17, 15) is 4.79 Å². The van der Waals surface area contributed by atoms with Gasteiger partial charge in [0.05, 0.1) is 0 Å². The second-order valence-corrected chi connectivity index (χ2v) is 3.53. The maximum absolute atomic E-state index is 10.4. The van der Waals surface area contributed by atoms with Crippen molar-refractivity contribution in [3.05, 3.63) is 0 Å². The predicted molar refractivity (Wildman–Crippen MR) is 52.9 cm³/mol. The summed E-state index contributed by atoms with van der Waals surface area (Å²) >= 11 is 5.24. The van der Waals surface area contributed by atoms with E-state index in [2.05, 4.69) is 5.32 Å². The van der Waals surface area contributed by atoms with Crippen molar-refractivity contribution < 1.29 is 4.79 Å². The number of piperidine rings is 1. The number of hydrogen-bond acceptors (Lipinski definition) is 2. The van der Waals surface area contributed by atoms with Gasteiger partial charge >= 0.3 is 0 Å². The van der Waals surface area contributed by atoms with E-state index in [4.69, 9.17) is 11.6 Å². The molecule has 1 fully saturated rings. The third-order valence-electron chi connectivity index (χ3n) is 2.15. The van der Waals surface area contributed by atoms with Crippen LogP contribution >= 0.6 is 24.0 Å². The first-order chi connectivity index (χ1) is 5.29. The smallest absolute Gasteiger partial charge is 0.221 e. The van der Waals surface area contributed by atoms with E-state index in [-0.39, 0.29) is 17.6 Å². The van der Waals surface area contributed by atoms with Crippen LogP contribution in [0.25, 0.3) is 0 Å². The quantitative estimate of drug-likeness (QED) is 0.724. The van der Waals surface area contributed by atoms with Crippen molar-refractivity contribution in [2.45, 2.75) is 25.7 Å². The van der Waals surface area contributed by atoms with Gasteiger partial charge in [0.15, 0.2) is 0 Å². The summed E-state index contributed by atoms with van der Waals surface area (Å²) in [6.45, 7) is 2.19. The third kappa shape index (κ3) is 4.96. The lowest BCUT2D eigenvalue weighted by Gasteiger charge is -2.21. The van der Waals surface area contributed by atoms with Gasteiger partial charge in [-0.25, -0.2) is 0 Å². The van der Waals surface area contributed by atoms with Gasteiger partial charge in [0, 0.05) is 6.42 Å². The Morgan fingerprint density at radius 1 is 1.58 bits per heavy atom. The molecule has 0 amide bonds. The Kier molecular flexibility index (Phi) is 6.81. The minimum absolute atomic E-state index is 0. The van der Waals surface area contributed by atoms with Gasteiger partial charge in [-0.1, -0.05) is 0 Å². The topological polar surface area (TPSA) is 29.1 Å². The van der Waals surface area contributed by atoms with E-state index in [1.807, 2.05) is 0 Å². The average molecular weight is 212 g/mol. The summed E-state index contributed by atoms with van der Waals surface area (Å²) in [6, 6.07) is 0. The Morgan fingerprint density at radius 3 is 2.83 bits per heavy atom. The van der Waals surface area contributed by atoms with E-state index in [1.54, 1.807) is 0 Å². The molecule has 1 atom stereocenters. The monoisotopic (exact) mass is 211 g/mol. The largest absolute Gasteiger partial charge is 0.316 e. The van der Waals surface area contributed by atoms with Crippen molar-refractivity contribution in [3.63, 3.8) is 0 Å². The van der Waals surface area contributed by atoms with Crippen LogP contribution in [0.3, 0.4) is 0 Å². The molecule has 1 aliphatic heterocycles. The number of rotatable bonds is 3. The highest BCUT2D eigenvalue weighted by Crippen LogP contribution is 2.16. The minimum atomic E-state index is -0.199. The van der Waals surface area contributed by atoms with Crippen molar-refractivity contribution in [2.24, 2.45) is 5.92 Å². The molecule has 0 aliphatic carbocycles. The molecule has 2 nitrogen and oxygen atoms in total. The molecule has 1 aliphatic rings. The highest BCUT2D eigenvalue weighted by atomic mass is 35.5. The van der Waals surface area contributed by atoms with Gasteiger partial charge in [-0.2, -0.15) is 0 Å². The van der Waals surface area contributed by atoms with E-state index in [0.29, 0.717) is 12.3 Å². The van der Waals surface area contributed by atoms with Crippen LogP contribution in [0.15, 0.2) is 0 Å². The zero-order chi connectivity index (χ0) is 8.10. The van der Waals surface area contributed by atoms with Crippen LogP contribution in [0.2, 0.25) is 0 Å². The molecule has 1 unspecified atom stereocenters. The van der Waals surface area contributed by atoms with Gasteiger partial charge in [0.1, 0.15) is 0 Å². The Balaban J connectivity index is 0.00000121. The highest BCUT2D eigenvalue weighted by molar-refractivity contribution is 6.63. The lowest BCUT2D eigenvalue weighted by Crippen LogP contribution is -2.29. The maximum Gasteiger partial charge on any atom is 0.221 e. The zero-order valence-electron chi connectivity index (χ0n) is 7.01. The molecule has 0 aromatic rings. The Morgan fingerprint density at radius 2 is 2.33 bits per heavy atom. The molecule has 72 valence electrons. The van der Waals surface area contributed by atoms with Crippen LogP contribution in [0.1, 0.15) is 25.7 Å². The van der Waals surface area contributed by atoms with Crippen LogP contribution in [0.5, 0.6) is 0 Å². The fraction of sp³-hybridized carbons (Fsp3) is 0.875. The van der Waals surface area contributed by atoms with Gasteiger partial charge in [-0.3, -0.25) is 4.79 Å². The molecule has 0 aromatic heterocycles. The summed E-state index contributed by atoms with van der Waals surface area (Å²) in [7, 11) is 0. The number of hydrogen-bond donors (Lipinski definition) is 1. The molecular weight excluding hydrogens is 197 g/mol. The second-order valence-electron chi connectivity index (χ2n) is 3.11. The van der Waals surface area contributed by atoms with Gasteiger partial charge in [0.25, 0.3) is 0 Å². The first kappa shape index (κ1) is 12.2. The highest BCUT2D eigenvalue weighted by Gasteiger charge is 2.13. The van der Waals surface area contributed by atoms with Gasteiger partial charge in [-0.15, -0.1) is 12.4 Å². The number of carbonyl (C=O) groups is 1. The van der Waals surface area contributed by atoms with E-state index < -0.39 is 0 Å². The molecule has 0 aromatic carbocycles. The molecule has 0 saturated carbocycles. The van der Waals surface area contributed by atoms with Crippen LogP contribution in [-0.4, -0.2) is 18.3 Å². The van der Waals surface area contributed by atoms with Crippen LogP contribution in [-0.2, 0) is 4.79 Å². The number of carbonyl (C=O) groups excluding carboxylic acids is 1. The molecular formula is C8H15Cl2NO. The number of nitrogens with one attached hydrogen (secondary N) is 1. The van der Waals surface area contributed by atoms with Crippen molar-refractivity contribution in [1.82, 2.24) is 5.32 Å². The standard InChI is InChI=1S/C8H14ClNO.ClH/c9-8(11)4-3-7-2-1-5-10-6-7;/h7,10H,1-6H2;1H. The summed E-state index contributed by atoms with van der Waals surface area (Å²) < 4.78 is 0. The first-order valence-electron chi connectivity index (χ1n) is 4.18. The lowest BCUT2D eigenvalue weighted by atomic mass is 9.95. The molecule has 0 spiro atoms. The maximum atomic E-state index is 10.4. The van der Waals surface area contributed by atoms with Crippen LogP contribution in [0.4, 0.5) is 0 Å². The van der Waals surface area contributed by atoms with E-state index >= 15 is 0 Å². The Labute approximate surface area is 84.5 Å². The molecule has 4 heteroatoms. The Bertz CT molecular complexity index is 135. The summed E-state index contributed by atoms with van der Waals surface area (Å²) in [5, 5.41) is 3.11. The fourth-order valence-corrected chi connectivity index (χ4v) is 1.60. The SMILES string of the molecule is Cl.O=C(Cl)CCC1CCCNC1. The lowest BCUT2D eigenvalue weighted by molar-refractivity contribution is -0.112. The summed E-state index contributed by atoms with van der Waals surface area (Å²) in [5.74, 6) is 0.673. The van der Waals surface area contributed by atoms with E-state index in [0.717, 1.165) is 19.5 Å². The molecule has 1 N–H and O–H groups in total. The van der Waals surface area contributed by atoms with Crippen molar-refractivity contribution in [2.75, 3.05) is 13.1 Å². The number of halogens is 2. The second kappa shape index (κ2) is 6.70.